The van der Waals surface area contributed by atoms with Gasteiger partial charge in [0.2, 0.25) is 0 Å². The largest absolute Gasteiger partial charge is 0.455 e. The number of hydrogen-bond donors (Lipinski definition) is 2. The molecule has 0 aliphatic carbocycles. The van der Waals surface area contributed by atoms with Crippen LogP contribution in [0.25, 0.3) is 10.9 Å². The molecule has 8 heteroatoms. The SMILES string of the molecule is Cl.N[C@H](c1ccc2cc[nH]c2c1)C(F)(F)C(F)(F)F. The summed E-state index contributed by atoms with van der Waals surface area (Å²) in [6.45, 7) is 0. The van der Waals surface area contributed by atoms with Crippen LogP contribution in [0.3, 0.4) is 0 Å². The van der Waals surface area contributed by atoms with Gasteiger partial charge in [0.05, 0.1) is 0 Å². The number of benzene rings is 1. The van der Waals surface area contributed by atoms with E-state index >= 15 is 0 Å². The van der Waals surface area contributed by atoms with Crippen LogP contribution in [0.1, 0.15) is 11.6 Å². The molecule has 106 valence electrons. The molecule has 0 amide bonds. The number of aromatic amines is 1. The molecule has 1 aromatic heterocycles. The Labute approximate surface area is 111 Å². The van der Waals surface area contributed by atoms with Crippen LogP contribution >= 0.6 is 12.4 Å². The Balaban J connectivity index is 0.00000180. The topological polar surface area (TPSA) is 41.8 Å². The van der Waals surface area contributed by atoms with Crippen LogP contribution in [0.15, 0.2) is 30.5 Å². The van der Waals surface area contributed by atoms with E-state index in [4.69, 9.17) is 5.73 Å². The van der Waals surface area contributed by atoms with Gasteiger partial charge >= 0.3 is 12.1 Å². The van der Waals surface area contributed by atoms with Crippen molar-refractivity contribution in [1.29, 1.82) is 0 Å². The molecule has 0 saturated carbocycles. The van der Waals surface area contributed by atoms with Crippen molar-refractivity contribution in [1.82, 2.24) is 4.98 Å². The second-order valence-electron chi connectivity index (χ2n) is 3.92. The molecule has 2 aromatic rings. The van der Waals surface area contributed by atoms with Gasteiger partial charge in [-0.15, -0.1) is 12.4 Å². The van der Waals surface area contributed by atoms with E-state index in [1.807, 2.05) is 0 Å². The van der Waals surface area contributed by atoms with Crippen molar-refractivity contribution in [3.63, 3.8) is 0 Å². The van der Waals surface area contributed by atoms with Gasteiger partial charge < -0.3 is 10.7 Å². The Kier molecular flexibility index (Phi) is 4.11. The smallest absolute Gasteiger partial charge is 0.361 e. The monoisotopic (exact) mass is 300 g/mol. The molecule has 1 atom stereocenters. The van der Waals surface area contributed by atoms with Gasteiger partial charge in [-0.1, -0.05) is 12.1 Å². The first kappa shape index (κ1) is 15.7. The second-order valence-corrected chi connectivity index (χ2v) is 3.92. The van der Waals surface area contributed by atoms with Crippen LogP contribution < -0.4 is 5.73 Å². The van der Waals surface area contributed by atoms with E-state index in [1.165, 1.54) is 18.2 Å². The fraction of sp³-hybridized carbons (Fsp3) is 0.273. The number of nitrogens with two attached hydrogens (primary N) is 1. The molecule has 0 aliphatic heterocycles. The summed E-state index contributed by atoms with van der Waals surface area (Å²) in [6, 6.07) is 3.05. The summed E-state index contributed by atoms with van der Waals surface area (Å²) in [5, 5.41) is 0.710. The van der Waals surface area contributed by atoms with Gasteiger partial charge in [0.15, 0.2) is 0 Å². The van der Waals surface area contributed by atoms with Crippen molar-refractivity contribution < 1.29 is 22.0 Å². The standard InChI is InChI=1S/C11H9F5N2.ClH/c12-10(13,11(14,15)16)9(17)7-2-1-6-3-4-18-8(6)5-7;/h1-5,9,18H,17H2;1H/t9-;/m1./s1. The molecular formula is C11H10ClF5N2. The maximum Gasteiger partial charge on any atom is 0.455 e. The molecule has 1 heterocycles. The molecule has 1 aromatic carbocycles. The summed E-state index contributed by atoms with van der Waals surface area (Å²) >= 11 is 0. The Morgan fingerprint density at radius 2 is 1.68 bits per heavy atom. The Bertz CT molecular complexity index is 563. The summed E-state index contributed by atoms with van der Waals surface area (Å²) in [4.78, 5) is 2.72. The third-order valence-corrected chi connectivity index (χ3v) is 2.71. The molecule has 19 heavy (non-hydrogen) atoms. The van der Waals surface area contributed by atoms with Gasteiger partial charge in [0, 0.05) is 11.7 Å². The van der Waals surface area contributed by atoms with Gasteiger partial charge in [-0.3, -0.25) is 0 Å². The summed E-state index contributed by atoms with van der Waals surface area (Å²) in [5.41, 5.74) is 5.22. The van der Waals surface area contributed by atoms with Gasteiger partial charge in [0.1, 0.15) is 6.04 Å². The highest BCUT2D eigenvalue weighted by atomic mass is 35.5. The quantitative estimate of drug-likeness (QED) is 0.814. The first-order valence-electron chi connectivity index (χ1n) is 5.00. The Morgan fingerprint density at radius 1 is 1.05 bits per heavy atom. The number of aromatic nitrogens is 1. The Hall–Kier alpha value is -1.34. The molecule has 2 nitrogen and oxygen atoms in total. The maximum absolute atomic E-state index is 13.1. The van der Waals surface area contributed by atoms with Gasteiger partial charge in [-0.2, -0.15) is 22.0 Å². The molecule has 0 radical (unpaired) electrons. The summed E-state index contributed by atoms with van der Waals surface area (Å²) in [5.74, 6) is -4.97. The Morgan fingerprint density at radius 3 is 2.26 bits per heavy atom. The van der Waals surface area contributed by atoms with E-state index in [9.17, 15) is 22.0 Å². The third kappa shape index (κ3) is 2.66. The molecule has 0 unspecified atom stereocenters. The highest BCUT2D eigenvalue weighted by Gasteiger charge is 2.61. The summed E-state index contributed by atoms with van der Waals surface area (Å²) in [6.07, 6.45) is -4.11. The first-order chi connectivity index (χ1) is 8.23. The molecular weight excluding hydrogens is 291 g/mol. The van der Waals surface area contributed by atoms with Crippen molar-refractivity contribution >= 4 is 23.3 Å². The maximum atomic E-state index is 13.1. The van der Waals surface area contributed by atoms with Crippen LogP contribution in [0.4, 0.5) is 22.0 Å². The number of H-pyrrole nitrogens is 1. The van der Waals surface area contributed by atoms with Crippen LogP contribution in [0.2, 0.25) is 0 Å². The van der Waals surface area contributed by atoms with E-state index in [0.717, 1.165) is 0 Å². The second kappa shape index (κ2) is 4.97. The van der Waals surface area contributed by atoms with E-state index in [-0.39, 0.29) is 18.0 Å². The molecule has 0 fully saturated rings. The number of halogens is 6. The zero-order valence-electron chi connectivity index (χ0n) is 9.34. The average molecular weight is 301 g/mol. The normalized spacial score (nSPS) is 14.2. The van der Waals surface area contributed by atoms with E-state index in [2.05, 4.69) is 4.98 Å². The minimum atomic E-state index is -5.67. The van der Waals surface area contributed by atoms with Crippen LogP contribution in [0, 0.1) is 0 Å². The van der Waals surface area contributed by atoms with Crippen LogP contribution in [-0.2, 0) is 0 Å². The number of fused-ring (bicyclic) bond motifs is 1. The lowest BCUT2D eigenvalue weighted by Gasteiger charge is -2.25. The zero-order chi connectivity index (χ0) is 13.6. The van der Waals surface area contributed by atoms with E-state index < -0.39 is 18.1 Å². The predicted molar refractivity (Wildman–Crippen MR) is 63.5 cm³/mol. The van der Waals surface area contributed by atoms with Crippen molar-refractivity contribution in [2.24, 2.45) is 5.73 Å². The van der Waals surface area contributed by atoms with E-state index in [0.29, 0.717) is 10.9 Å². The molecule has 2 rings (SSSR count). The number of rotatable bonds is 2. The van der Waals surface area contributed by atoms with Gasteiger partial charge in [-0.05, 0) is 23.1 Å². The van der Waals surface area contributed by atoms with E-state index in [1.54, 1.807) is 12.3 Å². The first-order valence-corrected chi connectivity index (χ1v) is 5.00. The lowest BCUT2D eigenvalue weighted by Crippen LogP contribution is -2.45. The minimum Gasteiger partial charge on any atom is -0.361 e. The summed E-state index contributed by atoms with van der Waals surface area (Å²) in [7, 11) is 0. The zero-order valence-corrected chi connectivity index (χ0v) is 10.2. The van der Waals surface area contributed by atoms with Gasteiger partial charge in [-0.25, -0.2) is 0 Å². The fourth-order valence-electron chi connectivity index (χ4n) is 1.64. The number of nitrogens with one attached hydrogen (secondary N) is 1. The van der Waals surface area contributed by atoms with Crippen molar-refractivity contribution in [3.8, 4) is 0 Å². The lowest BCUT2D eigenvalue weighted by atomic mass is 10.00. The fourth-order valence-corrected chi connectivity index (χ4v) is 1.64. The van der Waals surface area contributed by atoms with Crippen molar-refractivity contribution in [2.75, 3.05) is 0 Å². The predicted octanol–water partition coefficient (Wildman–Crippen LogP) is 3.79. The molecule has 3 N–H and O–H groups in total. The van der Waals surface area contributed by atoms with Crippen LogP contribution in [-0.4, -0.2) is 17.1 Å². The van der Waals surface area contributed by atoms with Crippen molar-refractivity contribution in [3.05, 3.63) is 36.0 Å². The average Bonchev–Trinajstić information content (AvgIpc) is 2.73. The van der Waals surface area contributed by atoms with Crippen molar-refractivity contribution in [2.45, 2.75) is 18.1 Å². The van der Waals surface area contributed by atoms with Gasteiger partial charge in [0.25, 0.3) is 0 Å². The van der Waals surface area contributed by atoms with Crippen LogP contribution in [0.5, 0.6) is 0 Å². The molecule has 0 aliphatic rings. The molecule has 0 spiro atoms. The lowest BCUT2D eigenvalue weighted by molar-refractivity contribution is -0.290. The number of hydrogen-bond acceptors (Lipinski definition) is 1. The molecule has 0 saturated heterocycles. The minimum absolute atomic E-state index is 0. The number of alkyl halides is 5. The molecule has 0 bridgehead atoms. The summed E-state index contributed by atoms with van der Waals surface area (Å²) < 4.78 is 62.7. The third-order valence-electron chi connectivity index (χ3n) is 2.71. The highest BCUT2D eigenvalue weighted by Crippen LogP contribution is 2.43. The highest BCUT2D eigenvalue weighted by molar-refractivity contribution is 5.85.